The zero-order valence-electron chi connectivity index (χ0n) is 10.4. The Labute approximate surface area is 113 Å². The van der Waals surface area contributed by atoms with E-state index in [1.54, 1.807) is 6.07 Å². The van der Waals surface area contributed by atoms with E-state index in [9.17, 15) is 4.79 Å². The molecule has 3 rings (SSSR count). The first-order valence-corrected chi connectivity index (χ1v) is 7.17. The van der Waals surface area contributed by atoms with Crippen LogP contribution in [0.1, 0.15) is 54.4 Å². The van der Waals surface area contributed by atoms with Crippen molar-refractivity contribution in [2.24, 2.45) is 5.92 Å². The number of allylic oxidation sites excluding steroid dienone is 1. The summed E-state index contributed by atoms with van der Waals surface area (Å²) in [5.41, 5.74) is 2.67. The van der Waals surface area contributed by atoms with E-state index in [0.29, 0.717) is 16.5 Å². The highest BCUT2D eigenvalue weighted by molar-refractivity contribution is 6.36. The first kappa shape index (κ1) is 12.0. The van der Waals surface area contributed by atoms with Crippen molar-refractivity contribution < 1.29 is 4.79 Å². The first-order chi connectivity index (χ1) is 8.75. The van der Waals surface area contributed by atoms with Crippen molar-refractivity contribution in [2.45, 2.75) is 38.5 Å². The van der Waals surface area contributed by atoms with Crippen molar-refractivity contribution in [3.63, 3.8) is 0 Å². The van der Waals surface area contributed by atoms with E-state index in [1.165, 1.54) is 32.1 Å². The summed E-state index contributed by atoms with van der Waals surface area (Å²) in [4.78, 5) is 12.3. The molecule has 2 aliphatic carbocycles. The number of fused-ring (bicyclic) bond motifs is 1. The van der Waals surface area contributed by atoms with E-state index in [-0.39, 0.29) is 5.78 Å². The van der Waals surface area contributed by atoms with Crippen molar-refractivity contribution >= 4 is 23.5 Å². The SMILES string of the molecule is O=C1C(CC2CCCCC2)=Cc2cccc(Cl)c21. The third kappa shape index (κ3) is 2.12. The topological polar surface area (TPSA) is 17.1 Å². The number of hydrogen-bond acceptors (Lipinski definition) is 1. The number of Topliss-reactive ketones (excluding diaryl/α,β-unsaturated/α-hetero) is 1. The van der Waals surface area contributed by atoms with Crippen molar-refractivity contribution in [2.75, 3.05) is 0 Å². The zero-order chi connectivity index (χ0) is 12.5. The maximum atomic E-state index is 12.3. The average Bonchev–Trinajstić information content (AvgIpc) is 2.69. The highest BCUT2D eigenvalue weighted by Crippen LogP contribution is 2.36. The lowest BCUT2D eigenvalue weighted by Crippen LogP contribution is -2.10. The molecule has 0 spiro atoms. The lowest BCUT2D eigenvalue weighted by atomic mass is 9.84. The highest BCUT2D eigenvalue weighted by Gasteiger charge is 2.27. The Bertz CT molecular complexity index is 510. The number of halogens is 1. The van der Waals surface area contributed by atoms with Gasteiger partial charge in [0.2, 0.25) is 0 Å². The summed E-state index contributed by atoms with van der Waals surface area (Å²) < 4.78 is 0. The van der Waals surface area contributed by atoms with Gasteiger partial charge in [-0.15, -0.1) is 0 Å². The van der Waals surface area contributed by atoms with Crippen LogP contribution in [0, 0.1) is 5.92 Å². The van der Waals surface area contributed by atoms with Crippen LogP contribution in [0.4, 0.5) is 0 Å². The fourth-order valence-corrected chi connectivity index (χ4v) is 3.44. The number of carbonyl (C=O) groups is 1. The van der Waals surface area contributed by atoms with Gasteiger partial charge in [-0.25, -0.2) is 0 Å². The Morgan fingerprint density at radius 2 is 1.94 bits per heavy atom. The molecule has 1 nitrogen and oxygen atoms in total. The molecule has 1 saturated carbocycles. The monoisotopic (exact) mass is 260 g/mol. The summed E-state index contributed by atoms with van der Waals surface area (Å²) in [6.45, 7) is 0. The third-order valence-corrected chi connectivity index (χ3v) is 4.44. The first-order valence-electron chi connectivity index (χ1n) is 6.79. The van der Waals surface area contributed by atoms with Crippen molar-refractivity contribution in [3.8, 4) is 0 Å². The maximum absolute atomic E-state index is 12.3. The molecule has 2 aliphatic rings. The number of ketones is 1. The van der Waals surface area contributed by atoms with E-state index in [2.05, 4.69) is 0 Å². The third-order valence-electron chi connectivity index (χ3n) is 4.13. The molecule has 0 radical (unpaired) electrons. The van der Waals surface area contributed by atoms with Gasteiger partial charge in [0.25, 0.3) is 0 Å². The highest BCUT2D eigenvalue weighted by atomic mass is 35.5. The van der Waals surface area contributed by atoms with E-state index in [4.69, 9.17) is 11.6 Å². The predicted molar refractivity (Wildman–Crippen MR) is 75.0 cm³/mol. The van der Waals surface area contributed by atoms with Gasteiger partial charge in [-0.05, 0) is 30.0 Å². The minimum Gasteiger partial charge on any atom is -0.289 e. The second-order valence-corrected chi connectivity index (χ2v) is 5.82. The van der Waals surface area contributed by atoms with Crippen LogP contribution in [0.2, 0.25) is 5.02 Å². The Balaban J connectivity index is 1.80. The van der Waals surface area contributed by atoms with Crippen LogP contribution in [-0.2, 0) is 0 Å². The molecule has 94 valence electrons. The minimum absolute atomic E-state index is 0.154. The molecule has 0 heterocycles. The average molecular weight is 261 g/mol. The lowest BCUT2D eigenvalue weighted by Gasteiger charge is -2.21. The number of carbonyl (C=O) groups excluding carboxylic acids is 1. The largest absolute Gasteiger partial charge is 0.289 e. The normalized spacial score (nSPS) is 19.8. The van der Waals surface area contributed by atoms with Gasteiger partial charge in [0.1, 0.15) is 0 Å². The van der Waals surface area contributed by atoms with Crippen LogP contribution in [0.3, 0.4) is 0 Å². The molecule has 0 aliphatic heterocycles. The van der Waals surface area contributed by atoms with Crippen molar-refractivity contribution in [1.82, 2.24) is 0 Å². The number of rotatable bonds is 2. The van der Waals surface area contributed by atoms with E-state index >= 15 is 0 Å². The molecule has 1 fully saturated rings. The van der Waals surface area contributed by atoms with Gasteiger partial charge >= 0.3 is 0 Å². The standard InChI is InChI=1S/C16H17ClO/c17-14-8-4-7-12-10-13(16(18)15(12)14)9-11-5-2-1-3-6-11/h4,7-8,10-11H,1-3,5-6,9H2. The lowest BCUT2D eigenvalue weighted by molar-refractivity contribution is 0.103. The summed E-state index contributed by atoms with van der Waals surface area (Å²) in [7, 11) is 0. The van der Waals surface area contributed by atoms with Gasteiger partial charge in [-0.3, -0.25) is 4.79 Å². The molecule has 1 aromatic carbocycles. The molecule has 0 saturated heterocycles. The Morgan fingerprint density at radius 1 is 1.17 bits per heavy atom. The maximum Gasteiger partial charge on any atom is 0.191 e. The molecule has 0 N–H and O–H groups in total. The molecule has 0 aromatic heterocycles. The molecule has 18 heavy (non-hydrogen) atoms. The second kappa shape index (κ2) is 4.89. The molecular weight excluding hydrogens is 244 g/mol. The Hall–Kier alpha value is -1.08. The molecule has 0 bridgehead atoms. The second-order valence-electron chi connectivity index (χ2n) is 5.41. The van der Waals surface area contributed by atoms with Gasteiger partial charge < -0.3 is 0 Å². The molecule has 0 unspecified atom stereocenters. The molecule has 2 heteroatoms. The Morgan fingerprint density at radius 3 is 2.67 bits per heavy atom. The number of benzene rings is 1. The van der Waals surface area contributed by atoms with Gasteiger partial charge in [-0.2, -0.15) is 0 Å². The van der Waals surface area contributed by atoms with Crippen LogP contribution in [0.15, 0.2) is 23.8 Å². The van der Waals surface area contributed by atoms with E-state index < -0.39 is 0 Å². The fourth-order valence-electron chi connectivity index (χ4n) is 3.17. The van der Waals surface area contributed by atoms with Crippen LogP contribution in [0.25, 0.3) is 6.08 Å². The fraction of sp³-hybridized carbons (Fsp3) is 0.438. The van der Waals surface area contributed by atoms with E-state index in [0.717, 1.165) is 17.6 Å². The van der Waals surface area contributed by atoms with Crippen molar-refractivity contribution in [3.05, 3.63) is 39.9 Å². The van der Waals surface area contributed by atoms with E-state index in [1.807, 2.05) is 18.2 Å². The molecule has 0 atom stereocenters. The molecule has 0 amide bonds. The zero-order valence-corrected chi connectivity index (χ0v) is 11.2. The number of hydrogen-bond donors (Lipinski definition) is 0. The van der Waals surface area contributed by atoms with Gasteiger partial charge in [0, 0.05) is 11.1 Å². The smallest absolute Gasteiger partial charge is 0.191 e. The quantitative estimate of drug-likeness (QED) is 0.740. The van der Waals surface area contributed by atoms with Gasteiger partial charge in [0.15, 0.2) is 5.78 Å². The summed E-state index contributed by atoms with van der Waals surface area (Å²) in [5, 5.41) is 0.590. The molecule has 1 aromatic rings. The van der Waals surface area contributed by atoms with Crippen LogP contribution in [0.5, 0.6) is 0 Å². The summed E-state index contributed by atoms with van der Waals surface area (Å²) in [6, 6.07) is 5.69. The Kier molecular flexibility index (Phi) is 3.25. The summed E-state index contributed by atoms with van der Waals surface area (Å²) >= 11 is 6.12. The van der Waals surface area contributed by atoms with Crippen LogP contribution in [-0.4, -0.2) is 5.78 Å². The van der Waals surface area contributed by atoms with Crippen molar-refractivity contribution in [1.29, 1.82) is 0 Å². The van der Waals surface area contributed by atoms with Crippen LogP contribution >= 0.6 is 11.6 Å². The minimum atomic E-state index is 0.154. The summed E-state index contributed by atoms with van der Waals surface area (Å²) in [5.74, 6) is 0.850. The van der Waals surface area contributed by atoms with Crippen LogP contribution < -0.4 is 0 Å². The van der Waals surface area contributed by atoms with Gasteiger partial charge in [0.05, 0.1) is 5.02 Å². The molecular formula is C16H17ClO. The van der Waals surface area contributed by atoms with Gasteiger partial charge in [-0.1, -0.05) is 55.8 Å². The summed E-state index contributed by atoms with van der Waals surface area (Å²) in [6.07, 6.45) is 9.51. The predicted octanol–water partition coefficient (Wildman–Crippen LogP) is 4.89.